The molecule has 0 saturated heterocycles. The second-order valence-corrected chi connectivity index (χ2v) is 8.50. The molecule has 164 valence electrons. The van der Waals surface area contributed by atoms with Crippen molar-refractivity contribution in [3.63, 3.8) is 0 Å². The Morgan fingerprint density at radius 1 is 0.969 bits per heavy atom. The first-order valence-electron chi connectivity index (χ1n) is 9.19. The van der Waals surface area contributed by atoms with Crippen LogP contribution in [0.25, 0.3) is 34.3 Å². The third-order valence-corrected chi connectivity index (χ3v) is 5.71. The van der Waals surface area contributed by atoms with E-state index in [9.17, 15) is 26.0 Å². The van der Waals surface area contributed by atoms with Gasteiger partial charge in [0.15, 0.2) is 0 Å². The van der Waals surface area contributed by atoms with Gasteiger partial charge in [0.2, 0.25) is 10.0 Å². The summed E-state index contributed by atoms with van der Waals surface area (Å²) in [7, 11) is -3.92. The van der Waals surface area contributed by atoms with E-state index in [0.29, 0.717) is 34.1 Å². The van der Waals surface area contributed by atoms with Crippen LogP contribution in [-0.2, 0) is 16.2 Å². The van der Waals surface area contributed by atoms with E-state index in [1.54, 1.807) is 36.4 Å². The molecule has 0 aliphatic carbocycles. The largest absolute Gasteiger partial charge is 0.419 e. The predicted octanol–water partition coefficient (Wildman–Crippen LogP) is 5.21. The maximum atomic E-state index is 13.7. The van der Waals surface area contributed by atoms with E-state index < -0.39 is 27.6 Å². The lowest BCUT2D eigenvalue weighted by molar-refractivity contribution is -0.140. The summed E-state index contributed by atoms with van der Waals surface area (Å²) in [5.74, 6) is -0.973. The van der Waals surface area contributed by atoms with E-state index in [4.69, 9.17) is 5.14 Å². The highest BCUT2D eigenvalue weighted by molar-refractivity contribution is 7.89. The fourth-order valence-corrected chi connectivity index (χ4v) is 4.03. The third kappa shape index (κ3) is 4.41. The van der Waals surface area contributed by atoms with E-state index in [0.717, 1.165) is 12.1 Å². The summed E-state index contributed by atoms with van der Waals surface area (Å²) in [6, 6.07) is 14.1. The van der Waals surface area contributed by atoms with Crippen molar-refractivity contribution in [1.29, 1.82) is 0 Å². The molecule has 32 heavy (non-hydrogen) atoms. The lowest BCUT2D eigenvalue weighted by Gasteiger charge is -2.07. The molecule has 0 fully saturated rings. The number of alkyl halides is 3. The van der Waals surface area contributed by atoms with Crippen molar-refractivity contribution in [3.05, 3.63) is 83.4 Å². The van der Waals surface area contributed by atoms with Gasteiger partial charge < -0.3 is 4.98 Å². The summed E-state index contributed by atoms with van der Waals surface area (Å²) in [5, 5.41) is 5.30. The molecule has 4 rings (SSSR count). The Kier molecular flexibility index (Phi) is 5.35. The van der Waals surface area contributed by atoms with Gasteiger partial charge >= 0.3 is 6.18 Å². The molecular formula is C22H15F4N3O2S. The molecule has 1 heterocycles. The highest BCUT2D eigenvalue weighted by Gasteiger charge is 2.33. The molecule has 0 amide bonds. The van der Waals surface area contributed by atoms with Crippen molar-refractivity contribution in [1.82, 2.24) is 9.97 Å². The summed E-state index contributed by atoms with van der Waals surface area (Å²) in [6.45, 7) is 0. The fourth-order valence-electron chi connectivity index (χ4n) is 3.27. The van der Waals surface area contributed by atoms with E-state index in [1.165, 1.54) is 18.2 Å². The Labute approximate surface area is 180 Å². The van der Waals surface area contributed by atoms with E-state index in [1.807, 2.05) is 0 Å². The lowest BCUT2D eigenvalue weighted by Crippen LogP contribution is -2.13. The molecular weight excluding hydrogens is 446 g/mol. The molecule has 0 bridgehead atoms. The molecule has 3 N–H and O–H groups in total. The Balaban J connectivity index is 1.66. The molecule has 1 aromatic heterocycles. The monoisotopic (exact) mass is 461 g/mol. The first-order chi connectivity index (χ1) is 15.0. The number of benzene rings is 3. The predicted molar refractivity (Wildman–Crippen MR) is 113 cm³/mol. The molecule has 3 aromatic carbocycles. The number of imidazole rings is 1. The smallest absolute Gasteiger partial charge is 0.338 e. The summed E-state index contributed by atoms with van der Waals surface area (Å²) < 4.78 is 75.5. The van der Waals surface area contributed by atoms with Gasteiger partial charge in [-0.3, -0.25) is 0 Å². The van der Waals surface area contributed by atoms with Crippen molar-refractivity contribution in [2.24, 2.45) is 5.14 Å². The molecule has 5 nitrogen and oxygen atoms in total. The molecule has 10 heteroatoms. The van der Waals surface area contributed by atoms with E-state index in [-0.39, 0.29) is 10.5 Å². The number of halogens is 4. The van der Waals surface area contributed by atoms with Crippen molar-refractivity contribution >= 4 is 33.2 Å². The van der Waals surface area contributed by atoms with Crippen LogP contribution in [0.3, 0.4) is 0 Å². The Morgan fingerprint density at radius 2 is 1.72 bits per heavy atom. The van der Waals surface area contributed by atoms with E-state index in [2.05, 4.69) is 9.97 Å². The highest BCUT2D eigenvalue weighted by atomic mass is 32.2. The van der Waals surface area contributed by atoms with Gasteiger partial charge in [-0.2, -0.15) is 13.2 Å². The minimum atomic E-state index is -4.76. The first-order valence-corrected chi connectivity index (χ1v) is 10.7. The van der Waals surface area contributed by atoms with Gasteiger partial charge in [-0.25, -0.2) is 22.9 Å². The topological polar surface area (TPSA) is 88.8 Å². The van der Waals surface area contributed by atoms with Crippen LogP contribution >= 0.6 is 0 Å². The number of fused-ring (bicyclic) bond motifs is 1. The number of H-pyrrole nitrogens is 1. The average molecular weight is 461 g/mol. The van der Waals surface area contributed by atoms with Gasteiger partial charge in [0, 0.05) is 5.56 Å². The highest BCUT2D eigenvalue weighted by Crippen LogP contribution is 2.32. The second kappa shape index (κ2) is 7.88. The molecule has 0 aliphatic rings. The molecule has 0 atom stereocenters. The van der Waals surface area contributed by atoms with Crippen LogP contribution < -0.4 is 5.14 Å². The molecule has 0 saturated carbocycles. The lowest BCUT2D eigenvalue weighted by atomic mass is 10.1. The Hall–Kier alpha value is -3.50. The van der Waals surface area contributed by atoms with Crippen molar-refractivity contribution in [2.45, 2.75) is 11.1 Å². The van der Waals surface area contributed by atoms with Crippen LogP contribution in [0.2, 0.25) is 0 Å². The summed E-state index contributed by atoms with van der Waals surface area (Å²) in [6.07, 6.45) is -1.83. The Bertz CT molecular complexity index is 1460. The van der Waals surface area contributed by atoms with Crippen LogP contribution in [0.1, 0.15) is 17.0 Å². The van der Waals surface area contributed by atoms with Gasteiger partial charge in [0.05, 0.1) is 21.5 Å². The molecule has 4 aromatic rings. The SMILES string of the molecule is NS(=O)(=O)c1ccccc1-c1ccc2nc(C=Cc3ccc(C(F)(F)F)c(F)c3)[nH]c2c1. The zero-order valence-electron chi connectivity index (χ0n) is 16.2. The number of hydrogen-bond donors (Lipinski definition) is 2. The summed E-state index contributed by atoms with van der Waals surface area (Å²) in [5.41, 5.74) is 1.13. The fraction of sp³-hybridized carbons (Fsp3) is 0.0455. The van der Waals surface area contributed by atoms with Gasteiger partial charge in [-0.1, -0.05) is 36.4 Å². The number of hydrogen-bond acceptors (Lipinski definition) is 3. The van der Waals surface area contributed by atoms with E-state index >= 15 is 0 Å². The number of aromatic amines is 1. The van der Waals surface area contributed by atoms with Crippen LogP contribution in [-0.4, -0.2) is 18.4 Å². The number of nitrogens with one attached hydrogen (secondary N) is 1. The van der Waals surface area contributed by atoms with Crippen molar-refractivity contribution in [3.8, 4) is 11.1 Å². The number of nitrogens with zero attached hydrogens (tertiary/aromatic N) is 1. The first kappa shape index (κ1) is 21.7. The number of primary sulfonamides is 1. The third-order valence-electron chi connectivity index (χ3n) is 4.74. The Morgan fingerprint density at radius 3 is 2.41 bits per heavy atom. The van der Waals surface area contributed by atoms with Gasteiger partial charge in [-0.05, 0) is 47.5 Å². The standard InChI is InChI=1S/C22H15F4N3O2S/c23-17-11-13(5-8-16(17)22(24,25)26)6-10-21-28-18-9-7-14(12-19(18)29-21)15-3-1-2-4-20(15)32(27,30)31/h1-12H,(H,28,29)(H2,27,30,31). The molecule has 0 radical (unpaired) electrons. The van der Waals surface area contributed by atoms with Gasteiger partial charge in [-0.15, -0.1) is 0 Å². The number of rotatable bonds is 4. The zero-order chi connectivity index (χ0) is 23.1. The molecule has 0 unspecified atom stereocenters. The maximum Gasteiger partial charge on any atom is 0.419 e. The molecule has 0 spiro atoms. The zero-order valence-corrected chi connectivity index (χ0v) is 17.0. The number of nitrogens with two attached hydrogens (primary N) is 1. The summed E-state index contributed by atoms with van der Waals surface area (Å²) >= 11 is 0. The van der Waals surface area contributed by atoms with Gasteiger partial charge in [0.25, 0.3) is 0 Å². The van der Waals surface area contributed by atoms with Crippen LogP contribution in [0.15, 0.2) is 65.6 Å². The van der Waals surface area contributed by atoms with Crippen molar-refractivity contribution in [2.75, 3.05) is 0 Å². The van der Waals surface area contributed by atoms with Crippen LogP contribution in [0, 0.1) is 5.82 Å². The number of aromatic nitrogens is 2. The number of sulfonamides is 1. The van der Waals surface area contributed by atoms with Crippen LogP contribution in [0.5, 0.6) is 0 Å². The minimum Gasteiger partial charge on any atom is -0.338 e. The quantitative estimate of drug-likeness (QED) is 0.409. The summed E-state index contributed by atoms with van der Waals surface area (Å²) in [4.78, 5) is 7.38. The molecule has 0 aliphatic heterocycles. The average Bonchev–Trinajstić information content (AvgIpc) is 3.13. The second-order valence-electron chi connectivity index (χ2n) is 6.97. The minimum absolute atomic E-state index is 0.0108. The maximum absolute atomic E-state index is 13.7. The van der Waals surface area contributed by atoms with Gasteiger partial charge in [0.1, 0.15) is 11.6 Å². The van der Waals surface area contributed by atoms with Crippen molar-refractivity contribution < 1.29 is 26.0 Å². The van der Waals surface area contributed by atoms with Crippen LogP contribution in [0.4, 0.5) is 17.6 Å². The normalized spacial score (nSPS) is 12.7.